The van der Waals surface area contributed by atoms with Gasteiger partial charge in [0.1, 0.15) is 5.76 Å². The minimum Gasteiger partial charge on any atom is -0.469 e. The summed E-state index contributed by atoms with van der Waals surface area (Å²) in [6.45, 7) is 3.11. The average molecular weight is 222 g/mol. The molecule has 16 heavy (non-hydrogen) atoms. The fraction of sp³-hybridized carbons (Fsp3) is 0.692. The first-order valence-corrected chi connectivity index (χ1v) is 6.23. The van der Waals surface area contributed by atoms with Gasteiger partial charge < -0.3 is 15.5 Å². The first kappa shape index (κ1) is 11.7. The van der Waals surface area contributed by atoms with Gasteiger partial charge in [0, 0.05) is 24.5 Å². The van der Waals surface area contributed by atoms with Crippen LogP contribution >= 0.6 is 0 Å². The predicted molar refractivity (Wildman–Crippen MR) is 65.3 cm³/mol. The Morgan fingerprint density at radius 1 is 1.50 bits per heavy atom. The van der Waals surface area contributed by atoms with Crippen molar-refractivity contribution < 1.29 is 4.42 Å². The van der Waals surface area contributed by atoms with Gasteiger partial charge in [0.15, 0.2) is 0 Å². The number of nitrogens with two attached hydrogens (primary N) is 1. The number of rotatable bonds is 5. The van der Waals surface area contributed by atoms with Crippen LogP contribution in [0.2, 0.25) is 0 Å². The summed E-state index contributed by atoms with van der Waals surface area (Å²) in [5.74, 6) is 1.04. The molecule has 1 fully saturated rings. The van der Waals surface area contributed by atoms with Crippen LogP contribution in [0.3, 0.4) is 0 Å². The van der Waals surface area contributed by atoms with Crippen molar-refractivity contribution in [1.82, 2.24) is 5.32 Å². The van der Waals surface area contributed by atoms with Gasteiger partial charge in [0.25, 0.3) is 0 Å². The Morgan fingerprint density at radius 2 is 2.25 bits per heavy atom. The maximum atomic E-state index is 6.29. The smallest absolute Gasteiger partial charge is 0.105 e. The van der Waals surface area contributed by atoms with Crippen LogP contribution in [-0.4, -0.2) is 18.1 Å². The van der Waals surface area contributed by atoms with Gasteiger partial charge in [0.2, 0.25) is 0 Å². The molecular formula is C13H22N2O. The van der Waals surface area contributed by atoms with E-state index in [0.717, 1.165) is 31.6 Å². The van der Waals surface area contributed by atoms with Crippen LogP contribution in [0, 0.1) is 0 Å². The third-order valence-corrected chi connectivity index (χ3v) is 3.49. The van der Waals surface area contributed by atoms with Gasteiger partial charge in [-0.15, -0.1) is 0 Å². The topological polar surface area (TPSA) is 51.2 Å². The Bertz CT molecular complexity index is 302. The lowest BCUT2D eigenvalue weighted by Crippen LogP contribution is -2.48. The van der Waals surface area contributed by atoms with Crippen molar-refractivity contribution in [1.29, 1.82) is 0 Å². The highest BCUT2D eigenvalue weighted by Gasteiger charge is 2.29. The zero-order valence-electron chi connectivity index (χ0n) is 10.0. The SMILES string of the molecule is CC(Cc1ccco1)NCC1(N)CCCC1. The van der Waals surface area contributed by atoms with E-state index >= 15 is 0 Å². The van der Waals surface area contributed by atoms with Gasteiger partial charge in [-0.3, -0.25) is 0 Å². The number of hydrogen-bond acceptors (Lipinski definition) is 3. The molecule has 3 N–H and O–H groups in total. The van der Waals surface area contributed by atoms with Crippen molar-refractivity contribution >= 4 is 0 Å². The van der Waals surface area contributed by atoms with E-state index in [1.54, 1.807) is 6.26 Å². The van der Waals surface area contributed by atoms with Crippen molar-refractivity contribution in [3.63, 3.8) is 0 Å². The van der Waals surface area contributed by atoms with Crippen molar-refractivity contribution in [2.75, 3.05) is 6.54 Å². The zero-order chi connectivity index (χ0) is 11.4. The maximum Gasteiger partial charge on any atom is 0.105 e. The summed E-state index contributed by atoms with van der Waals surface area (Å²) in [7, 11) is 0. The van der Waals surface area contributed by atoms with E-state index in [0.29, 0.717) is 6.04 Å². The Morgan fingerprint density at radius 3 is 2.88 bits per heavy atom. The van der Waals surface area contributed by atoms with Crippen molar-refractivity contribution in [2.24, 2.45) is 5.73 Å². The van der Waals surface area contributed by atoms with Crippen LogP contribution in [0.4, 0.5) is 0 Å². The first-order chi connectivity index (χ1) is 7.68. The number of furan rings is 1. The molecule has 0 radical (unpaired) electrons. The monoisotopic (exact) mass is 222 g/mol. The van der Waals surface area contributed by atoms with Crippen LogP contribution < -0.4 is 11.1 Å². The molecular weight excluding hydrogens is 200 g/mol. The van der Waals surface area contributed by atoms with E-state index in [-0.39, 0.29) is 5.54 Å². The fourth-order valence-electron chi connectivity index (χ4n) is 2.44. The second kappa shape index (κ2) is 5.02. The molecule has 2 rings (SSSR count). The second-order valence-electron chi connectivity index (χ2n) is 5.13. The molecule has 0 bridgehead atoms. The summed E-state index contributed by atoms with van der Waals surface area (Å²) in [5, 5.41) is 3.52. The molecule has 90 valence electrons. The van der Waals surface area contributed by atoms with Crippen molar-refractivity contribution in [2.45, 2.75) is 50.6 Å². The highest BCUT2D eigenvalue weighted by molar-refractivity contribution is 5.00. The minimum absolute atomic E-state index is 0.0391. The minimum atomic E-state index is 0.0391. The van der Waals surface area contributed by atoms with E-state index in [9.17, 15) is 0 Å². The van der Waals surface area contributed by atoms with Crippen LogP contribution in [0.25, 0.3) is 0 Å². The molecule has 0 aromatic carbocycles. The Kier molecular flexibility index (Phi) is 3.66. The Labute approximate surface area is 97.4 Å². The molecule has 3 nitrogen and oxygen atoms in total. The number of hydrogen-bond donors (Lipinski definition) is 2. The highest BCUT2D eigenvalue weighted by Crippen LogP contribution is 2.26. The van der Waals surface area contributed by atoms with Crippen molar-refractivity contribution in [3.05, 3.63) is 24.2 Å². The third kappa shape index (κ3) is 3.09. The largest absolute Gasteiger partial charge is 0.469 e. The fourth-order valence-corrected chi connectivity index (χ4v) is 2.44. The van der Waals surface area contributed by atoms with E-state index in [1.807, 2.05) is 12.1 Å². The lowest BCUT2D eigenvalue weighted by molar-refractivity contribution is 0.370. The van der Waals surface area contributed by atoms with Gasteiger partial charge in [-0.1, -0.05) is 12.8 Å². The lowest BCUT2D eigenvalue weighted by atomic mass is 9.99. The number of nitrogens with one attached hydrogen (secondary N) is 1. The predicted octanol–water partition coefficient (Wildman–Crippen LogP) is 2.07. The van der Waals surface area contributed by atoms with Gasteiger partial charge in [-0.05, 0) is 31.9 Å². The van der Waals surface area contributed by atoms with E-state index < -0.39 is 0 Å². The summed E-state index contributed by atoms with van der Waals surface area (Å²) in [6.07, 6.45) is 7.54. The Balaban J connectivity index is 1.73. The molecule has 1 aliphatic carbocycles. The zero-order valence-corrected chi connectivity index (χ0v) is 10.0. The standard InChI is InChI=1S/C13H22N2O/c1-11(9-12-5-4-8-16-12)15-10-13(14)6-2-3-7-13/h4-5,8,11,15H,2-3,6-7,9-10,14H2,1H3. The van der Waals surface area contributed by atoms with E-state index in [1.165, 1.54) is 12.8 Å². The van der Waals surface area contributed by atoms with Crippen LogP contribution in [0.15, 0.2) is 22.8 Å². The lowest BCUT2D eigenvalue weighted by Gasteiger charge is -2.26. The van der Waals surface area contributed by atoms with E-state index in [4.69, 9.17) is 10.2 Å². The summed E-state index contributed by atoms with van der Waals surface area (Å²) in [5.41, 5.74) is 6.33. The van der Waals surface area contributed by atoms with E-state index in [2.05, 4.69) is 12.2 Å². The molecule has 1 heterocycles. The quantitative estimate of drug-likeness (QED) is 0.802. The average Bonchev–Trinajstić information content (AvgIpc) is 2.88. The molecule has 1 unspecified atom stereocenters. The molecule has 1 atom stereocenters. The van der Waals surface area contributed by atoms with Gasteiger partial charge in [-0.25, -0.2) is 0 Å². The summed E-state index contributed by atoms with van der Waals surface area (Å²) in [6, 6.07) is 4.38. The van der Waals surface area contributed by atoms with Crippen LogP contribution in [-0.2, 0) is 6.42 Å². The second-order valence-corrected chi connectivity index (χ2v) is 5.13. The summed E-state index contributed by atoms with van der Waals surface area (Å²) < 4.78 is 5.33. The molecule has 1 aliphatic rings. The van der Waals surface area contributed by atoms with Crippen LogP contribution in [0.1, 0.15) is 38.4 Å². The highest BCUT2D eigenvalue weighted by atomic mass is 16.3. The molecule has 0 amide bonds. The third-order valence-electron chi connectivity index (χ3n) is 3.49. The summed E-state index contributed by atoms with van der Waals surface area (Å²) >= 11 is 0. The molecule has 0 saturated heterocycles. The Hall–Kier alpha value is -0.800. The molecule has 3 heteroatoms. The van der Waals surface area contributed by atoms with Crippen molar-refractivity contribution in [3.8, 4) is 0 Å². The van der Waals surface area contributed by atoms with Crippen LogP contribution in [0.5, 0.6) is 0 Å². The maximum absolute atomic E-state index is 6.29. The van der Waals surface area contributed by atoms with Gasteiger partial charge >= 0.3 is 0 Å². The molecule has 1 aromatic rings. The normalized spacial score (nSPS) is 21.1. The molecule has 0 spiro atoms. The first-order valence-electron chi connectivity index (χ1n) is 6.23. The summed E-state index contributed by atoms with van der Waals surface area (Å²) in [4.78, 5) is 0. The molecule has 1 aromatic heterocycles. The molecule has 0 aliphatic heterocycles. The van der Waals surface area contributed by atoms with Gasteiger partial charge in [0.05, 0.1) is 6.26 Å². The van der Waals surface area contributed by atoms with Gasteiger partial charge in [-0.2, -0.15) is 0 Å². The molecule has 1 saturated carbocycles.